The van der Waals surface area contributed by atoms with Crippen LogP contribution < -0.4 is 4.74 Å². The third kappa shape index (κ3) is 5.03. The zero-order chi connectivity index (χ0) is 16.7. The molecule has 5 nitrogen and oxygen atoms in total. The van der Waals surface area contributed by atoms with Crippen LogP contribution in [-0.4, -0.2) is 46.9 Å². The van der Waals surface area contributed by atoms with Gasteiger partial charge in [0.25, 0.3) is 0 Å². The zero-order valence-electron chi connectivity index (χ0n) is 13.6. The maximum Gasteiger partial charge on any atom is 0.145 e. The maximum absolute atomic E-state index is 9.43. The number of aromatic nitrogens is 1. The van der Waals surface area contributed by atoms with Gasteiger partial charge in [-0.2, -0.15) is 0 Å². The van der Waals surface area contributed by atoms with Crippen LogP contribution in [0.3, 0.4) is 0 Å². The monoisotopic (exact) mass is 316 g/mol. The number of pyridine rings is 1. The molecule has 2 aromatic rings. The minimum absolute atomic E-state index is 0.0539. The predicted molar refractivity (Wildman–Crippen MR) is 89.4 cm³/mol. The molecule has 124 valence electrons. The van der Waals surface area contributed by atoms with Crippen LogP contribution in [0.15, 0.2) is 48.8 Å². The smallest absolute Gasteiger partial charge is 0.145 e. The summed E-state index contributed by atoms with van der Waals surface area (Å²) in [5, 5.41) is 18.9. The number of para-hydroxylation sites is 1. The third-order valence-electron chi connectivity index (χ3n) is 3.69. The lowest BCUT2D eigenvalue weighted by Gasteiger charge is -2.30. The second kappa shape index (κ2) is 8.06. The number of aliphatic hydroxyl groups is 2. The molecule has 2 N–H and O–H groups in total. The molecule has 0 aliphatic heterocycles. The van der Waals surface area contributed by atoms with Crippen LogP contribution in [0.2, 0.25) is 0 Å². The Labute approximate surface area is 137 Å². The van der Waals surface area contributed by atoms with Gasteiger partial charge < -0.3 is 19.8 Å². The Bertz CT molecular complexity index is 600. The normalized spacial score (nSPS) is 11.7. The molecule has 23 heavy (non-hydrogen) atoms. The van der Waals surface area contributed by atoms with Gasteiger partial charge in [0, 0.05) is 30.3 Å². The minimum Gasteiger partial charge on any atom is -0.455 e. The summed E-state index contributed by atoms with van der Waals surface area (Å²) in [6, 6.07) is 11.5. The van der Waals surface area contributed by atoms with Gasteiger partial charge in [-0.25, -0.2) is 0 Å². The number of nitrogens with zero attached hydrogens (tertiary/aromatic N) is 2. The summed E-state index contributed by atoms with van der Waals surface area (Å²) < 4.78 is 5.91. The Kier molecular flexibility index (Phi) is 6.10. The second-order valence-electron chi connectivity index (χ2n) is 6.20. The molecule has 0 aliphatic rings. The molecule has 0 saturated carbocycles. The highest BCUT2D eigenvalue weighted by Crippen LogP contribution is 2.26. The largest absolute Gasteiger partial charge is 0.455 e. The van der Waals surface area contributed by atoms with Crippen LogP contribution in [-0.2, 0) is 6.54 Å². The number of hydrogen-bond donors (Lipinski definition) is 2. The summed E-state index contributed by atoms with van der Waals surface area (Å²) in [6.07, 6.45) is 3.38. The molecular weight excluding hydrogens is 292 g/mol. The number of benzene rings is 1. The molecular formula is C18H24N2O3. The summed E-state index contributed by atoms with van der Waals surface area (Å²) in [4.78, 5) is 6.12. The number of rotatable bonds is 8. The van der Waals surface area contributed by atoms with Crippen molar-refractivity contribution in [3.63, 3.8) is 0 Å². The Hall–Kier alpha value is -1.95. The molecule has 0 aliphatic carbocycles. The molecule has 0 amide bonds. The number of aliphatic hydroxyl groups excluding tert-OH is 2. The van der Waals surface area contributed by atoms with Gasteiger partial charge in [-0.05, 0) is 25.2 Å². The first-order chi connectivity index (χ1) is 11.1. The molecule has 0 saturated heterocycles. The van der Waals surface area contributed by atoms with E-state index >= 15 is 0 Å². The van der Waals surface area contributed by atoms with Crippen LogP contribution in [0.5, 0.6) is 11.5 Å². The molecule has 0 bridgehead atoms. The molecule has 0 unspecified atom stereocenters. The standard InChI is InChI=1S/C18H24N2O3/c1-18(13-21,14-22)12-20(2)11-15-6-3-4-8-17(15)23-16-7-5-9-19-10-16/h3-10,21-22H,11-14H2,1-2H3. The Morgan fingerprint density at radius 2 is 1.87 bits per heavy atom. The molecule has 0 spiro atoms. The van der Waals surface area contributed by atoms with E-state index in [4.69, 9.17) is 4.74 Å². The fraction of sp³-hybridized carbons (Fsp3) is 0.389. The Balaban J connectivity index is 2.08. The molecule has 1 aromatic carbocycles. The lowest BCUT2D eigenvalue weighted by molar-refractivity contribution is 0.0401. The lowest BCUT2D eigenvalue weighted by Crippen LogP contribution is -2.38. The highest BCUT2D eigenvalue weighted by Gasteiger charge is 2.24. The van der Waals surface area contributed by atoms with Crippen LogP contribution in [0.4, 0.5) is 0 Å². The molecule has 0 fully saturated rings. The predicted octanol–water partition coefficient (Wildman–Crippen LogP) is 2.30. The third-order valence-corrected chi connectivity index (χ3v) is 3.69. The quantitative estimate of drug-likeness (QED) is 0.782. The van der Waals surface area contributed by atoms with Crippen molar-refractivity contribution in [2.75, 3.05) is 26.8 Å². The van der Waals surface area contributed by atoms with Crippen LogP contribution in [0.1, 0.15) is 12.5 Å². The highest BCUT2D eigenvalue weighted by atomic mass is 16.5. The van der Waals surface area contributed by atoms with Crippen molar-refractivity contribution in [1.82, 2.24) is 9.88 Å². The van der Waals surface area contributed by atoms with Gasteiger partial charge in [-0.1, -0.05) is 25.1 Å². The van der Waals surface area contributed by atoms with Gasteiger partial charge in [0.05, 0.1) is 19.4 Å². The molecule has 1 heterocycles. The average molecular weight is 316 g/mol. The number of ether oxygens (including phenoxy) is 1. The van der Waals surface area contributed by atoms with Crippen LogP contribution in [0.25, 0.3) is 0 Å². The van der Waals surface area contributed by atoms with Crippen molar-refractivity contribution in [3.05, 3.63) is 54.4 Å². The van der Waals surface area contributed by atoms with Gasteiger partial charge in [0.2, 0.25) is 0 Å². The van der Waals surface area contributed by atoms with Gasteiger partial charge in [0.1, 0.15) is 11.5 Å². The van der Waals surface area contributed by atoms with E-state index in [1.54, 1.807) is 12.4 Å². The Morgan fingerprint density at radius 3 is 2.52 bits per heavy atom. The van der Waals surface area contributed by atoms with Gasteiger partial charge in [-0.15, -0.1) is 0 Å². The van der Waals surface area contributed by atoms with E-state index in [-0.39, 0.29) is 13.2 Å². The van der Waals surface area contributed by atoms with E-state index in [0.717, 1.165) is 11.3 Å². The van der Waals surface area contributed by atoms with E-state index in [9.17, 15) is 10.2 Å². The minimum atomic E-state index is -0.520. The topological polar surface area (TPSA) is 65.8 Å². The summed E-state index contributed by atoms with van der Waals surface area (Å²) in [7, 11) is 1.96. The molecule has 0 radical (unpaired) electrons. The molecule has 2 rings (SSSR count). The molecule has 1 aromatic heterocycles. The fourth-order valence-corrected chi connectivity index (χ4v) is 2.42. The van der Waals surface area contributed by atoms with Gasteiger partial charge >= 0.3 is 0 Å². The first-order valence-electron chi connectivity index (χ1n) is 7.62. The first-order valence-corrected chi connectivity index (χ1v) is 7.62. The van der Waals surface area contributed by atoms with Crippen molar-refractivity contribution >= 4 is 0 Å². The van der Waals surface area contributed by atoms with Gasteiger partial charge in [0.15, 0.2) is 0 Å². The summed E-state index contributed by atoms with van der Waals surface area (Å²) in [6.45, 7) is 3.00. The van der Waals surface area contributed by atoms with E-state index < -0.39 is 5.41 Å². The summed E-state index contributed by atoms with van der Waals surface area (Å²) in [5.74, 6) is 1.47. The molecule has 0 atom stereocenters. The maximum atomic E-state index is 9.43. The lowest BCUT2D eigenvalue weighted by atomic mass is 9.92. The second-order valence-corrected chi connectivity index (χ2v) is 6.20. The molecule has 5 heteroatoms. The fourth-order valence-electron chi connectivity index (χ4n) is 2.42. The first kappa shape index (κ1) is 17.4. The van der Waals surface area contributed by atoms with Crippen LogP contribution >= 0.6 is 0 Å². The SMILES string of the molecule is CN(Cc1ccccc1Oc1cccnc1)CC(C)(CO)CO. The summed E-state index contributed by atoms with van der Waals surface area (Å²) >= 11 is 0. The van der Waals surface area contributed by atoms with Crippen molar-refractivity contribution in [3.8, 4) is 11.5 Å². The van der Waals surface area contributed by atoms with Gasteiger partial charge in [-0.3, -0.25) is 4.98 Å². The zero-order valence-corrected chi connectivity index (χ0v) is 13.6. The van der Waals surface area contributed by atoms with Crippen molar-refractivity contribution in [2.45, 2.75) is 13.5 Å². The van der Waals surface area contributed by atoms with Crippen molar-refractivity contribution < 1.29 is 14.9 Å². The van der Waals surface area contributed by atoms with E-state index in [0.29, 0.717) is 18.8 Å². The average Bonchev–Trinajstić information content (AvgIpc) is 2.57. The Morgan fingerprint density at radius 1 is 1.13 bits per heavy atom. The highest BCUT2D eigenvalue weighted by molar-refractivity contribution is 5.37. The van der Waals surface area contributed by atoms with E-state index in [1.807, 2.05) is 50.4 Å². The van der Waals surface area contributed by atoms with Crippen LogP contribution in [0, 0.1) is 5.41 Å². The number of hydrogen-bond acceptors (Lipinski definition) is 5. The van der Waals surface area contributed by atoms with Crippen molar-refractivity contribution in [2.24, 2.45) is 5.41 Å². The van der Waals surface area contributed by atoms with E-state index in [1.165, 1.54) is 0 Å². The van der Waals surface area contributed by atoms with Crippen molar-refractivity contribution in [1.29, 1.82) is 0 Å². The summed E-state index contributed by atoms with van der Waals surface area (Å²) in [5.41, 5.74) is 0.519. The van der Waals surface area contributed by atoms with E-state index in [2.05, 4.69) is 9.88 Å².